The number of halogens is 1. The van der Waals surface area contributed by atoms with Crippen LogP contribution in [0, 0.1) is 6.92 Å². The molecule has 0 aliphatic heterocycles. The molecule has 0 fully saturated rings. The van der Waals surface area contributed by atoms with Crippen LogP contribution in [0.1, 0.15) is 16.2 Å². The van der Waals surface area contributed by atoms with E-state index in [1.165, 1.54) is 0 Å². The maximum Gasteiger partial charge on any atom is 0.298 e. The number of aromatic nitrogens is 1. The molecular weight excluding hydrogens is 356 g/mol. The number of para-hydroxylation sites is 1. The van der Waals surface area contributed by atoms with E-state index in [-0.39, 0.29) is 5.91 Å². The summed E-state index contributed by atoms with van der Waals surface area (Å²) in [6.07, 6.45) is 0. The number of nitrogen functional groups attached to an aromatic ring is 1. The van der Waals surface area contributed by atoms with Gasteiger partial charge in [-0.15, -0.1) is 0 Å². The third-order valence-corrected chi connectivity index (χ3v) is 4.55. The second-order valence-corrected chi connectivity index (χ2v) is 6.37. The van der Waals surface area contributed by atoms with E-state index in [4.69, 9.17) is 10.2 Å². The Kier molecular flexibility index (Phi) is 3.06. The molecule has 4 nitrogen and oxygen atoms in total. The van der Waals surface area contributed by atoms with Crippen LogP contribution in [-0.2, 0) is 0 Å². The molecule has 2 aromatic carbocycles. The van der Waals surface area contributed by atoms with E-state index in [0.717, 1.165) is 26.5 Å². The molecule has 23 heavy (non-hydrogen) atoms. The van der Waals surface area contributed by atoms with Crippen molar-refractivity contribution in [1.29, 1.82) is 0 Å². The largest absolute Gasteiger partial charge is 0.451 e. The lowest BCUT2D eigenvalue weighted by molar-refractivity contribution is 0.0938. The first kappa shape index (κ1) is 14.1. The second-order valence-electron chi connectivity index (χ2n) is 5.45. The number of nitrogens with zero attached hydrogens (tertiary/aromatic N) is 1. The van der Waals surface area contributed by atoms with E-state index in [1.807, 2.05) is 49.4 Å². The minimum atomic E-state index is -0.220. The minimum Gasteiger partial charge on any atom is -0.451 e. The fourth-order valence-corrected chi connectivity index (χ4v) is 3.21. The molecule has 0 amide bonds. The Bertz CT molecular complexity index is 1080. The lowest BCUT2D eigenvalue weighted by Gasteiger charge is -2.04. The average molecular weight is 369 g/mol. The Balaban J connectivity index is 1.93. The number of hydrogen-bond acceptors (Lipinski definition) is 3. The summed E-state index contributed by atoms with van der Waals surface area (Å²) in [4.78, 5) is 13.0. The molecule has 2 aromatic heterocycles. The quantitative estimate of drug-likeness (QED) is 0.528. The van der Waals surface area contributed by atoms with Crippen LogP contribution >= 0.6 is 15.9 Å². The number of nitrogens with two attached hydrogens (primary N) is 1. The van der Waals surface area contributed by atoms with Crippen LogP contribution in [0.4, 0.5) is 5.69 Å². The topological polar surface area (TPSA) is 61.2 Å². The van der Waals surface area contributed by atoms with Gasteiger partial charge in [-0.25, -0.2) is 0 Å². The SMILES string of the molecule is Cc1c(N)c2ccccc2n1C(=O)c1cc2ccc(Br)cc2o1. The smallest absolute Gasteiger partial charge is 0.298 e. The van der Waals surface area contributed by atoms with Crippen molar-refractivity contribution in [1.82, 2.24) is 4.57 Å². The molecule has 0 unspecified atom stereocenters. The summed E-state index contributed by atoms with van der Waals surface area (Å²) in [5.41, 5.74) is 8.94. The van der Waals surface area contributed by atoms with Crippen molar-refractivity contribution in [2.75, 3.05) is 5.73 Å². The number of hydrogen-bond donors (Lipinski definition) is 1. The fraction of sp³-hybridized carbons (Fsp3) is 0.0556. The van der Waals surface area contributed by atoms with Crippen molar-refractivity contribution in [2.24, 2.45) is 0 Å². The lowest BCUT2D eigenvalue weighted by Crippen LogP contribution is -2.12. The van der Waals surface area contributed by atoms with Gasteiger partial charge in [0.1, 0.15) is 5.58 Å². The molecule has 4 rings (SSSR count). The highest BCUT2D eigenvalue weighted by Crippen LogP contribution is 2.30. The Morgan fingerprint density at radius 1 is 1.17 bits per heavy atom. The van der Waals surface area contributed by atoms with Crippen molar-refractivity contribution in [2.45, 2.75) is 6.92 Å². The molecule has 2 heterocycles. The summed E-state index contributed by atoms with van der Waals surface area (Å²) in [5.74, 6) is 0.0738. The number of carbonyl (C=O) groups excluding carboxylic acids is 1. The van der Waals surface area contributed by atoms with Crippen molar-refractivity contribution >= 4 is 49.4 Å². The van der Waals surface area contributed by atoms with Crippen LogP contribution < -0.4 is 5.73 Å². The molecule has 0 radical (unpaired) electrons. The third-order valence-electron chi connectivity index (χ3n) is 4.06. The fourth-order valence-electron chi connectivity index (χ4n) is 2.87. The van der Waals surface area contributed by atoms with Crippen LogP contribution in [-0.4, -0.2) is 10.5 Å². The van der Waals surface area contributed by atoms with Gasteiger partial charge in [-0.2, -0.15) is 0 Å². The first-order valence-electron chi connectivity index (χ1n) is 7.15. The van der Waals surface area contributed by atoms with E-state index in [1.54, 1.807) is 10.6 Å². The molecule has 5 heteroatoms. The van der Waals surface area contributed by atoms with Crippen molar-refractivity contribution in [3.05, 3.63) is 64.5 Å². The Hall–Kier alpha value is -2.53. The molecule has 0 aliphatic carbocycles. The van der Waals surface area contributed by atoms with E-state index in [2.05, 4.69) is 15.9 Å². The zero-order valence-electron chi connectivity index (χ0n) is 12.3. The molecule has 0 saturated heterocycles. The monoisotopic (exact) mass is 368 g/mol. The molecule has 0 spiro atoms. The highest BCUT2D eigenvalue weighted by molar-refractivity contribution is 9.10. The normalized spacial score (nSPS) is 11.4. The van der Waals surface area contributed by atoms with Gasteiger partial charge in [-0.05, 0) is 37.3 Å². The van der Waals surface area contributed by atoms with Crippen molar-refractivity contribution in [3.63, 3.8) is 0 Å². The van der Waals surface area contributed by atoms with Gasteiger partial charge < -0.3 is 10.2 Å². The first-order valence-corrected chi connectivity index (χ1v) is 7.95. The summed E-state index contributed by atoms with van der Waals surface area (Å²) in [5, 5.41) is 1.76. The average Bonchev–Trinajstić information content (AvgIpc) is 3.07. The van der Waals surface area contributed by atoms with Gasteiger partial charge >= 0.3 is 0 Å². The van der Waals surface area contributed by atoms with E-state index in [9.17, 15) is 4.79 Å². The van der Waals surface area contributed by atoms with Crippen molar-refractivity contribution < 1.29 is 9.21 Å². The predicted molar refractivity (Wildman–Crippen MR) is 94.7 cm³/mol. The van der Waals surface area contributed by atoms with Gasteiger partial charge in [-0.1, -0.05) is 34.1 Å². The first-order chi connectivity index (χ1) is 11.1. The lowest BCUT2D eigenvalue weighted by atomic mass is 10.2. The Morgan fingerprint density at radius 2 is 1.96 bits per heavy atom. The van der Waals surface area contributed by atoms with Crippen LogP contribution in [0.2, 0.25) is 0 Å². The van der Waals surface area contributed by atoms with E-state index < -0.39 is 0 Å². The highest BCUT2D eigenvalue weighted by atomic mass is 79.9. The zero-order chi connectivity index (χ0) is 16.1. The molecule has 0 saturated carbocycles. The van der Waals surface area contributed by atoms with Crippen LogP contribution in [0.5, 0.6) is 0 Å². The number of carbonyl (C=O) groups is 1. The van der Waals surface area contributed by atoms with Gasteiger partial charge in [0, 0.05) is 20.9 Å². The van der Waals surface area contributed by atoms with Gasteiger partial charge in [0.05, 0.1) is 11.2 Å². The van der Waals surface area contributed by atoms with Gasteiger partial charge in [0.15, 0.2) is 5.76 Å². The number of furan rings is 1. The summed E-state index contributed by atoms with van der Waals surface area (Å²) in [7, 11) is 0. The van der Waals surface area contributed by atoms with Gasteiger partial charge in [0.25, 0.3) is 5.91 Å². The molecule has 4 aromatic rings. The van der Waals surface area contributed by atoms with Crippen LogP contribution in [0.3, 0.4) is 0 Å². The summed E-state index contributed by atoms with van der Waals surface area (Å²) >= 11 is 3.40. The summed E-state index contributed by atoms with van der Waals surface area (Å²) < 4.78 is 8.25. The molecule has 0 bridgehead atoms. The number of benzene rings is 2. The number of fused-ring (bicyclic) bond motifs is 2. The molecule has 0 aliphatic rings. The van der Waals surface area contributed by atoms with Crippen LogP contribution in [0.15, 0.2) is 57.4 Å². The predicted octanol–water partition coefficient (Wildman–Crippen LogP) is 4.73. The van der Waals surface area contributed by atoms with Crippen molar-refractivity contribution in [3.8, 4) is 0 Å². The Morgan fingerprint density at radius 3 is 2.78 bits per heavy atom. The minimum absolute atomic E-state index is 0.220. The molecule has 0 atom stereocenters. The van der Waals surface area contributed by atoms with E-state index >= 15 is 0 Å². The standard InChI is InChI=1S/C18H13BrN2O2/c1-10-17(20)13-4-2-3-5-14(13)21(10)18(22)16-8-11-6-7-12(19)9-15(11)23-16/h2-9H,20H2,1H3. The van der Waals surface area contributed by atoms with Crippen LogP contribution in [0.25, 0.3) is 21.9 Å². The molecular formula is C18H13BrN2O2. The number of anilines is 1. The third kappa shape index (κ3) is 2.08. The zero-order valence-corrected chi connectivity index (χ0v) is 13.9. The number of rotatable bonds is 1. The Labute approximate surface area is 140 Å². The summed E-state index contributed by atoms with van der Waals surface area (Å²) in [6, 6.07) is 15.0. The van der Waals surface area contributed by atoms with E-state index in [0.29, 0.717) is 17.0 Å². The van der Waals surface area contributed by atoms with Gasteiger partial charge in [-0.3, -0.25) is 9.36 Å². The summed E-state index contributed by atoms with van der Waals surface area (Å²) in [6.45, 7) is 1.84. The maximum atomic E-state index is 13.0. The highest BCUT2D eigenvalue weighted by Gasteiger charge is 2.21. The molecule has 2 N–H and O–H groups in total. The maximum absolute atomic E-state index is 13.0. The van der Waals surface area contributed by atoms with Gasteiger partial charge in [0.2, 0.25) is 0 Å². The second kappa shape index (κ2) is 4.99. The molecule has 114 valence electrons.